The molecule has 0 radical (unpaired) electrons. The number of carbonyl (C=O) groups excluding carboxylic acids is 1. The maximum Gasteiger partial charge on any atom is 0.233 e. The third kappa shape index (κ3) is 4.79. The van der Waals surface area contributed by atoms with Gasteiger partial charge in [-0.25, -0.2) is 0 Å². The summed E-state index contributed by atoms with van der Waals surface area (Å²) in [5.41, 5.74) is 0.519. The Kier molecular flexibility index (Phi) is 5.92. The van der Waals surface area contributed by atoms with Crippen LogP contribution in [0.15, 0.2) is 6.07 Å². The van der Waals surface area contributed by atoms with E-state index in [0.717, 1.165) is 31.2 Å². The van der Waals surface area contributed by atoms with Crippen LogP contribution in [0.5, 0.6) is 5.88 Å². The molecule has 1 amide bonds. The summed E-state index contributed by atoms with van der Waals surface area (Å²) in [5, 5.41) is 10.9. The molecular weight excluding hydrogens is 254 g/mol. The number of methoxy groups -OCH3 is 1. The van der Waals surface area contributed by atoms with E-state index in [2.05, 4.69) is 22.4 Å². The summed E-state index contributed by atoms with van der Waals surface area (Å²) in [6, 6.07) is 1.85. The minimum atomic E-state index is -0.456. The van der Waals surface area contributed by atoms with Crippen LogP contribution in [0.3, 0.4) is 0 Å². The van der Waals surface area contributed by atoms with Crippen LogP contribution in [0.1, 0.15) is 52.5 Å². The molecule has 0 aliphatic rings. The number of aryl methyl sites for hydroxylation is 1. The largest absolute Gasteiger partial charge is 0.480 e. The normalized spacial score (nSPS) is 11.2. The molecule has 0 unspecified atom stereocenters. The molecule has 0 bridgehead atoms. The second-order valence-electron chi connectivity index (χ2n) is 5.92. The second-order valence-corrected chi connectivity index (χ2v) is 5.92. The van der Waals surface area contributed by atoms with Crippen molar-refractivity contribution in [2.45, 2.75) is 53.4 Å². The van der Waals surface area contributed by atoms with Gasteiger partial charge in [-0.1, -0.05) is 40.5 Å². The van der Waals surface area contributed by atoms with Gasteiger partial charge in [-0.05, 0) is 12.8 Å². The van der Waals surface area contributed by atoms with Crippen molar-refractivity contribution in [1.82, 2.24) is 10.2 Å². The zero-order valence-corrected chi connectivity index (χ0v) is 13.1. The van der Waals surface area contributed by atoms with Crippen LogP contribution in [-0.2, 0) is 11.2 Å². The number of anilines is 1. The number of carbonyl (C=O) groups is 1. The summed E-state index contributed by atoms with van der Waals surface area (Å²) in [4.78, 5) is 12.1. The van der Waals surface area contributed by atoms with Gasteiger partial charge in [0.25, 0.3) is 0 Å². The molecule has 112 valence electrons. The van der Waals surface area contributed by atoms with Gasteiger partial charge in [0.2, 0.25) is 11.8 Å². The van der Waals surface area contributed by atoms with Crippen molar-refractivity contribution in [2.24, 2.45) is 5.41 Å². The Morgan fingerprint density at radius 2 is 2.00 bits per heavy atom. The first-order chi connectivity index (χ1) is 9.38. The Morgan fingerprint density at radius 1 is 1.30 bits per heavy atom. The SMILES string of the molecule is CCCCCc1cc(OC)nnc1NC(=O)C(C)(C)C. The Bertz CT molecular complexity index is 453. The van der Waals surface area contributed by atoms with Crippen LogP contribution >= 0.6 is 0 Å². The number of rotatable bonds is 6. The fourth-order valence-electron chi connectivity index (χ4n) is 1.67. The van der Waals surface area contributed by atoms with Crippen molar-refractivity contribution in [1.29, 1.82) is 0 Å². The lowest BCUT2D eigenvalue weighted by Crippen LogP contribution is -2.28. The van der Waals surface area contributed by atoms with Gasteiger partial charge in [0.1, 0.15) is 0 Å². The van der Waals surface area contributed by atoms with Crippen molar-refractivity contribution < 1.29 is 9.53 Å². The minimum Gasteiger partial charge on any atom is -0.480 e. The molecule has 5 heteroatoms. The topological polar surface area (TPSA) is 64.1 Å². The van der Waals surface area contributed by atoms with Crippen molar-refractivity contribution in [3.05, 3.63) is 11.6 Å². The number of nitrogens with one attached hydrogen (secondary N) is 1. The first kappa shape index (κ1) is 16.4. The number of aromatic nitrogens is 2. The van der Waals surface area contributed by atoms with E-state index in [-0.39, 0.29) is 5.91 Å². The van der Waals surface area contributed by atoms with Gasteiger partial charge in [-0.3, -0.25) is 4.79 Å². The molecule has 1 aromatic rings. The van der Waals surface area contributed by atoms with Crippen LogP contribution in [0, 0.1) is 5.41 Å². The molecular formula is C15H25N3O2. The van der Waals surface area contributed by atoms with E-state index in [1.54, 1.807) is 7.11 Å². The van der Waals surface area contributed by atoms with E-state index in [9.17, 15) is 4.79 Å². The zero-order chi connectivity index (χ0) is 15.2. The maximum absolute atomic E-state index is 12.1. The van der Waals surface area contributed by atoms with E-state index in [1.165, 1.54) is 0 Å². The van der Waals surface area contributed by atoms with Crippen LogP contribution < -0.4 is 10.1 Å². The third-order valence-electron chi connectivity index (χ3n) is 3.02. The number of nitrogens with zero attached hydrogens (tertiary/aromatic N) is 2. The lowest BCUT2D eigenvalue weighted by atomic mass is 9.95. The summed E-state index contributed by atoms with van der Waals surface area (Å²) in [7, 11) is 1.56. The average Bonchev–Trinajstić information content (AvgIpc) is 2.39. The van der Waals surface area contributed by atoms with E-state index >= 15 is 0 Å². The molecule has 0 aromatic carbocycles. The van der Waals surface area contributed by atoms with Gasteiger partial charge in [-0.15, -0.1) is 10.2 Å². The monoisotopic (exact) mass is 279 g/mol. The highest BCUT2D eigenvalue weighted by atomic mass is 16.5. The first-order valence-electron chi connectivity index (χ1n) is 7.10. The van der Waals surface area contributed by atoms with Crippen molar-refractivity contribution >= 4 is 11.7 Å². The summed E-state index contributed by atoms with van der Waals surface area (Å²) in [5.74, 6) is 0.959. The fraction of sp³-hybridized carbons (Fsp3) is 0.667. The maximum atomic E-state index is 12.1. The van der Waals surface area contributed by atoms with Crippen molar-refractivity contribution in [3.63, 3.8) is 0 Å². The van der Waals surface area contributed by atoms with Crippen LogP contribution in [0.2, 0.25) is 0 Å². The number of hydrogen-bond acceptors (Lipinski definition) is 4. The predicted molar refractivity (Wildman–Crippen MR) is 79.9 cm³/mol. The summed E-state index contributed by atoms with van der Waals surface area (Å²) >= 11 is 0. The summed E-state index contributed by atoms with van der Waals surface area (Å²) in [6.45, 7) is 7.77. The number of unbranched alkanes of at least 4 members (excludes halogenated alkanes) is 2. The quantitative estimate of drug-likeness (QED) is 0.812. The Hall–Kier alpha value is -1.65. The highest BCUT2D eigenvalue weighted by Gasteiger charge is 2.23. The molecule has 0 saturated heterocycles. The molecule has 5 nitrogen and oxygen atoms in total. The standard InChI is InChI=1S/C15H25N3O2/c1-6-7-8-9-11-10-12(20-5)17-18-13(11)16-14(19)15(2,3)4/h10H,6-9H2,1-5H3,(H,16,18,19). The number of ether oxygens (including phenoxy) is 1. The third-order valence-corrected chi connectivity index (χ3v) is 3.02. The van der Waals surface area contributed by atoms with E-state index < -0.39 is 5.41 Å². The molecule has 0 aliphatic carbocycles. The van der Waals surface area contributed by atoms with Gasteiger partial charge in [0.15, 0.2) is 5.82 Å². The molecule has 1 rings (SSSR count). The van der Waals surface area contributed by atoms with Gasteiger partial charge in [0, 0.05) is 17.0 Å². The van der Waals surface area contributed by atoms with Gasteiger partial charge >= 0.3 is 0 Å². The predicted octanol–water partition coefficient (Wildman–Crippen LogP) is 3.20. The molecule has 1 aromatic heterocycles. The molecule has 0 saturated carbocycles. The average molecular weight is 279 g/mol. The number of hydrogen-bond donors (Lipinski definition) is 1. The Balaban J connectivity index is 2.90. The molecule has 20 heavy (non-hydrogen) atoms. The van der Waals surface area contributed by atoms with Gasteiger partial charge < -0.3 is 10.1 Å². The minimum absolute atomic E-state index is 0.0614. The lowest BCUT2D eigenvalue weighted by molar-refractivity contribution is -0.123. The van der Waals surface area contributed by atoms with Crippen molar-refractivity contribution in [3.8, 4) is 5.88 Å². The lowest BCUT2D eigenvalue weighted by Gasteiger charge is -2.18. The van der Waals surface area contributed by atoms with Crippen LogP contribution in [0.4, 0.5) is 5.82 Å². The summed E-state index contributed by atoms with van der Waals surface area (Å²) in [6.07, 6.45) is 4.22. The molecule has 0 fully saturated rings. The second kappa shape index (κ2) is 7.22. The fourth-order valence-corrected chi connectivity index (χ4v) is 1.67. The van der Waals surface area contributed by atoms with E-state index in [1.807, 2.05) is 26.8 Å². The van der Waals surface area contributed by atoms with Crippen LogP contribution in [-0.4, -0.2) is 23.2 Å². The van der Waals surface area contributed by atoms with Gasteiger partial charge in [0.05, 0.1) is 7.11 Å². The first-order valence-corrected chi connectivity index (χ1v) is 7.10. The molecule has 0 aliphatic heterocycles. The van der Waals surface area contributed by atoms with Gasteiger partial charge in [-0.2, -0.15) is 0 Å². The molecule has 1 N–H and O–H groups in total. The number of amides is 1. The Morgan fingerprint density at radius 3 is 2.55 bits per heavy atom. The molecule has 0 spiro atoms. The smallest absolute Gasteiger partial charge is 0.233 e. The van der Waals surface area contributed by atoms with E-state index in [0.29, 0.717) is 11.7 Å². The highest BCUT2D eigenvalue weighted by Crippen LogP contribution is 2.22. The molecule has 0 atom stereocenters. The zero-order valence-electron chi connectivity index (χ0n) is 13.1. The molecule has 1 heterocycles. The van der Waals surface area contributed by atoms with Crippen LogP contribution in [0.25, 0.3) is 0 Å². The van der Waals surface area contributed by atoms with Crippen molar-refractivity contribution in [2.75, 3.05) is 12.4 Å². The van der Waals surface area contributed by atoms with E-state index in [4.69, 9.17) is 4.74 Å². The summed E-state index contributed by atoms with van der Waals surface area (Å²) < 4.78 is 5.10. The highest BCUT2D eigenvalue weighted by molar-refractivity contribution is 5.94. The Labute approximate surface area is 121 Å².